The lowest BCUT2D eigenvalue weighted by Crippen LogP contribution is -2.51. The summed E-state index contributed by atoms with van der Waals surface area (Å²) < 4.78 is 9.55. The van der Waals surface area contributed by atoms with E-state index >= 15 is 0 Å². The van der Waals surface area contributed by atoms with Gasteiger partial charge in [-0.2, -0.15) is 0 Å². The summed E-state index contributed by atoms with van der Waals surface area (Å²) in [4.78, 5) is 71.3. The van der Waals surface area contributed by atoms with Crippen LogP contribution in [0.2, 0.25) is 0 Å². The van der Waals surface area contributed by atoms with Gasteiger partial charge in [-0.15, -0.1) is 0 Å². The molecule has 8 rings (SSSR count). The topological polar surface area (TPSA) is 175 Å². The molecular weight excluding hydrogens is 785 g/mol. The quantitative estimate of drug-likeness (QED) is 0.100. The van der Waals surface area contributed by atoms with Crippen LogP contribution in [-0.4, -0.2) is 93.1 Å². The molecule has 14 heteroatoms. The first-order valence-electron chi connectivity index (χ1n) is 21.4. The average molecular weight is 839 g/mol. The van der Waals surface area contributed by atoms with Gasteiger partial charge in [0, 0.05) is 24.2 Å². The average Bonchev–Trinajstić information content (AvgIpc) is 4.13. The summed E-state index contributed by atoms with van der Waals surface area (Å²) in [5.74, 6) is 0.984. The van der Waals surface area contributed by atoms with Gasteiger partial charge in [0.1, 0.15) is 23.7 Å². The van der Waals surface area contributed by atoms with Gasteiger partial charge in [-0.3, -0.25) is 9.59 Å². The summed E-state index contributed by atoms with van der Waals surface area (Å²) in [5.41, 5.74) is 5.98. The standard InChI is InChI=1S/C48H54N8O6/c1-27(2)41(53-47(59)61-5)45(57)55-19-7-9-39(55)43-49-25-37(51-43)35-17-15-31-21-29(11-13-33(31)23-35)30-12-14-34-24-36(18-16-32(34)22-30)38-26-50-44(52-38)40-10-8-20-56(40)46(58)42(28(3)4)54-48(60)62-6/h11-18,21-28,39-42H,7-10,19-20H2,1-6H3,(H,49,51)(H,50,52)(H,53,59)(H,54,60)/t39-,40-,41-,42-/m0/s1. The summed E-state index contributed by atoms with van der Waals surface area (Å²) in [6, 6.07) is 23.9. The van der Waals surface area contributed by atoms with Crippen molar-refractivity contribution in [1.82, 2.24) is 40.4 Å². The molecule has 0 saturated carbocycles. The molecule has 4 N–H and O–H groups in total. The number of fused-ring (bicyclic) bond motifs is 2. The molecule has 2 fully saturated rings. The highest BCUT2D eigenvalue weighted by atomic mass is 16.5. The highest BCUT2D eigenvalue weighted by molar-refractivity contribution is 5.94. The number of rotatable bonds is 11. The van der Waals surface area contributed by atoms with Gasteiger partial charge in [-0.25, -0.2) is 19.6 Å². The number of likely N-dealkylation sites (tertiary alicyclic amines) is 2. The van der Waals surface area contributed by atoms with Gasteiger partial charge in [0.05, 0.1) is 50.1 Å². The number of alkyl carbamates (subject to hydrolysis) is 2. The van der Waals surface area contributed by atoms with Crippen molar-refractivity contribution in [3.63, 3.8) is 0 Å². The number of carbonyl (C=O) groups is 4. The Bertz CT molecular complexity index is 2450. The molecule has 2 aliphatic heterocycles. The van der Waals surface area contributed by atoms with E-state index in [0.29, 0.717) is 13.1 Å². The highest BCUT2D eigenvalue weighted by Gasteiger charge is 2.39. The molecule has 6 aromatic rings. The first kappa shape index (κ1) is 42.0. The Morgan fingerprint density at radius 2 is 0.935 bits per heavy atom. The van der Waals surface area contributed by atoms with Crippen LogP contribution in [0.3, 0.4) is 0 Å². The van der Waals surface area contributed by atoms with E-state index in [1.54, 1.807) is 0 Å². The van der Waals surface area contributed by atoms with Crippen molar-refractivity contribution in [2.45, 2.75) is 77.5 Å². The van der Waals surface area contributed by atoms with E-state index in [1.807, 2.05) is 49.9 Å². The third-order valence-electron chi connectivity index (χ3n) is 12.3. The van der Waals surface area contributed by atoms with Gasteiger partial charge in [0.15, 0.2) is 0 Å². The predicted octanol–water partition coefficient (Wildman–Crippen LogP) is 8.53. The molecule has 14 nitrogen and oxygen atoms in total. The van der Waals surface area contributed by atoms with E-state index in [9.17, 15) is 19.2 Å². The van der Waals surface area contributed by atoms with Crippen LogP contribution in [0, 0.1) is 11.8 Å². The fourth-order valence-corrected chi connectivity index (χ4v) is 8.88. The van der Waals surface area contributed by atoms with E-state index in [0.717, 1.165) is 92.5 Å². The van der Waals surface area contributed by atoms with Gasteiger partial charge in [-0.1, -0.05) is 76.2 Å². The van der Waals surface area contributed by atoms with Crippen molar-refractivity contribution >= 4 is 45.5 Å². The largest absolute Gasteiger partial charge is 0.453 e. The van der Waals surface area contributed by atoms with E-state index in [1.165, 1.54) is 14.2 Å². The number of hydrogen-bond acceptors (Lipinski definition) is 8. The smallest absolute Gasteiger partial charge is 0.407 e. The molecule has 2 aromatic heterocycles. The number of hydrogen-bond donors (Lipinski definition) is 4. The highest BCUT2D eigenvalue weighted by Crippen LogP contribution is 2.36. The molecule has 0 radical (unpaired) electrons. The van der Waals surface area contributed by atoms with Gasteiger partial charge in [0.2, 0.25) is 11.8 Å². The third kappa shape index (κ3) is 8.46. The molecule has 0 unspecified atom stereocenters. The lowest BCUT2D eigenvalue weighted by atomic mass is 9.97. The van der Waals surface area contributed by atoms with Crippen molar-refractivity contribution < 1.29 is 28.7 Å². The number of H-pyrrole nitrogens is 2. The van der Waals surface area contributed by atoms with E-state index in [4.69, 9.17) is 19.4 Å². The summed E-state index contributed by atoms with van der Waals surface area (Å²) in [6.45, 7) is 8.82. The van der Waals surface area contributed by atoms with Crippen molar-refractivity contribution in [1.29, 1.82) is 0 Å². The van der Waals surface area contributed by atoms with Gasteiger partial charge in [0.25, 0.3) is 0 Å². The SMILES string of the molecule is COC(=O)N[C@H](C(=O)N1CCC[C@H]1c1ncc(-c2ccc3cc(-c4ccc5cc(-c6cnc([C@@H]7CCCN7C(=O)[C@@H](NC(=O)OC)C(C)C)[nH]6)ccc5c4)ccc3c2)[nH]1)C(C)C. The summed E-state index contributed by atoms with van der Waals surface area (Å²) in [6.07, 6.45) is 5.68. The third-order valence-corrected chi connectivity index (χ3v) is 12.3. The second kappa shape index (κ2) is 17.7. The van der Waals surface area contributed by atoms with Gasteiger partial charge < -0.3 is 39.9 Å². The molecular formula is C48H54N8O6. The Morgan fingerprint density at radius 3 is 1.29 bits per heavy atom. The Labute approximate surface area is 360 Å². The van der Waals surface area contributed by atoms with E-state index < -0.39 is 24.3 Å². The maximum Gasteiger partial charge on any atom is 0.407 e. The Hall–Kier alpha value is -6.70. The van der Waals surface area contributed by atoms with Crippen LogP contribution in [-0.2, 0) is 19.1 Å². The number of imidazole rings is 2. The molecule has 0 spiro atoms. The zero-order valence-electron chi connectivity index (χ0n) is 36.0. The number of nitrogens with one attached hydrogen (secondary N) is 4. The van der Waals surface area contributed by atoms with Crippen LogP contribution < -0.4 is 10.6 Å². The number of aromatic nitrogens is 4. The molecule has 4 atom stereocenters. The monoisotopic (exact) mass is 838 g/mol. The fourth-order valence-electron chi connectivity index (χ4n) is 8.88. The second-order valence-corrected chi connectivity index (χ2v) is 17.0. The van der Waals surface area contributed by atoms with E-state index in [2.05, 4.69) is 93.4 Å². The number of nitrogens with zero attached hydrogens (tertiary/aromatic N) is 4. The molecule has 0 aliphatic carbocycles. The van der Waals surface area contributed by atoms with Gasteiger partial charge in [-0.05, 0) is 94.5 Å². The van der Waals surface area contributed by atoms with Crippen LogP contribution in [0.25, 0.3) is 55.2 Å². The molecule has 0 bridgehead atoms. The minimum absolute atomic E-state index is 0.105. The zero-order chi connectivity index (χ0) is 43.7. The van der Waals surface area contributed by atoms with Crippen molar-refractivity contribution in [3.8, 4) is 33.6 Å². The number of ether oxygens (including phenoxy) is 2. The van der Waals surface area contributed by atoms with Crippen LogP contribution in [0.15, 0.2) is 85.2 Å². The normalized spacial score (nSPS) is 17.5. The lowest BCUT2D eigenvalue weighted by Gasteiger charge is -2.30. The van der Waals surface area contributed by atoms with Gasteiger partial charge >= 0.3 is 12.2 Å². The van der Waals surface area contributed by atoms with Crippen molar-refractivity contribution in [2.75, 3.05) is 27.3 Å². The van der Waals surface area contributed by atoms with Crippen molar-refractivity contribution in [2.24, 2.45) is 11.8 Å². The fraction of sp³-hybridized carbons (Fsp3) is 0.375. The molecule has 322 valence electrons. The minimum atomic E-state index is -0.688. The van der Waals surface area contributed by atoms with E-state index in [-0.39, 0.29) is 35.7 Å². The number of aromatic amines is 2. The molecule has 4 aromatic carbocycles. The Morgan fingerprint density at radius 1 is 0.581 bits per heavy atom. The van der Waals surface area contributed by atoms with Crippen LogP contribution in [0.5, 0.6) is 0 Å². The molecule has 62 heavy (non-hydrogen) atoms. The Kier molecular flexibility index (Phi) is 12.0. The molecule has 4 amide bonds. The maximum atomic E-state index is 13.6. The lowest BCUT2D eigenvalue weighted by molar-refractivity contribution is -0.136. The maximum absolute atomic E-state index is 13.6. The van der Waals surface area contributed by atoms with Crippen molar-refractivity contribution in [3.05, 3.63) is 96.8 Å². The molecule has 4 heterocycles. The second-order valence-electron chi connectivity index (χ2n) is 17.0. The predicted molar refractivity (Wildman–Crippen MR) is 238 cm³/mol. The summed E-state index contributed by atoms with van der Waals surface area (Å²) in [5, 5.41) is 9.84. The zero-order valence-corrected chi connectivity index (χ0v) is 36.0. The van der Waals surface area contributed by atoms with Crippen LogP contribution >= 0.6 is 0 Å². The summed E-state index contributed by atoms with van der Waals surface area (Å²) >= 11 is 0. The first-order chi connectivity index (χ1) is 29.9. The first-order valence-corrected chi connectivity index (χ1v) is 21.4. The number of benzene rings is 4. The minimum Gasteiger partial charge on any atom is -0.453 e. The van der Waals surface area contributed by atoms with Crippen LogP contribution in [0.1, 0.15) is 77.1 Å². The summed E-state index contributed by atoms with van der Waals surface area (Å²) in [7, 11) is 2.59. The molecule has 2 saturated heterocycles. The number of carbonyl (C=O) groups excluding carboxylic acids is 4. The Balaban J connectivity index is 0.957. The molecule has 2 aliphatic rings. The van der Waals surface area contributed by atoms with Crippen LogP contribution in [0.4, 0.5) is 9.59 Å². The number of methoxy groups -OCH3 is 2. The number of amides is 4.